The van der Waals surface area contributed by atoms with Crippen molar-refractivity contribution in [2.24, 2.45) is 0 Å². The van der Waals surface area contributed by atoms with Gasteiger partial charge in [-0.05, 0) is 48.0 Å². The predicted octanol–water partition coefficient (Wildman–Crippen LogP) is 3.85. The second-order valence-electron chi connectivity index (χ2n) is 6.96. The van der Waals surface area contributed by atoms with Gasteiger partial charge in [0, 0.05) is 12.7 Å². The molecule has 2 heterocycles. The van der Waals surface area contributed by atoms with Crippen molar-refractivity contribution < 1.29 is 13.9 Å². The second-order valence-corrected chi connectivity index (χ2v) is 6.96. The van der Waals surface area contributed by atoms with Gasteiger partial charge in [-0.15, -0.1) is 0 Å². The summed E-state index contributed by atoms with van der Waals surface area (Å²) in [5, 5.41) is 12.2. The largest absolute Gasteiger partial charge is 0.438 e. The van der Waals surface area contributed by atoms with Crippen LogP contribution in [0.25, 0.3) is 11.7 Å². The highest BCUT2D eigenvalue weighted by Crippen LogP contribution is 2.24. The van der Waals surface area contributed by atoms with Crippen LogP contribution >= 0.6 is 0 Å². The fourth-order valence-corrected chi connectivity index (χ4v) is 3.06. The lowest BCUT2D eigenvalue weighted by atomic mass is 10.1. The minimum atomic E-state index is -0.647. The molecule has 0 radical (unpaired) electrons. The molecule has 0 aliphatic carbocycles. The Balaban J connectivity index is 1.73. The van der Waals surface area contributed by atoms with Crippen molar-refractivity contribution >= 4 is 17.6 Å². The van der Waals surface area contributed by atoms with Crippen LogP contribution in [0.15, 0.2) is 89.4 Å². The van der Waals surface area contributed by atoms with Crippen LogP contribution in [0.4, 0.5) is 4.39 Å². The van der Waals surface area contributed by atoms with Gasteiger partial charge in [0.15, 0.2) is 0 Å². The van der Waals surface area contributed by atoms with E-state index < -0.39 is 17.3 Å². The van der Waals surface area contributed by atoms with Gasteiger partial charge in [0.2, 0.25) is 5.88 Å². The highest BCUT2D eigenvalue weighted by Gasteiger charge is 2.17. The Morgan fingerprint density at radius 3 is 2.55 bits per heavy atom. The molecule has 4 aromatic rings. The normalized spacial score (nSPS) is 11.1. The molecule has 162 valence electrons. The molecule has 0 aliphatic heterocycles. The molecule has 0 bridgehead atoms. The molecule has 2 aromatic carbocycles. The third-order valence-corrected chi connectivity index (χ3v) is 4.71. The van der Waals surface area contributed by atoms with E-state index in [1.54, 1.807) is 18.2 Å². The van der Waals surface area contributed by atoms with Gasteiger partial charge in [0.1, 0.15) is 34.4 Å². The van der Waals surface area contributed by atoms with E-state index in [2.05, 4.69) is 10.3 Å². The molecular formula is C25H17FN4O3. The minimum Gasteiger partial charge on any atom is -0.438 e. The zero-order chi connectivity index (χ0) is 23.2. The number of nitrogens with zero attached hydrogens (tertiary/aromatic N) is 3. The number of carbonyl (C=O) groups excluding carboxylic acids is 1. The number of fused-ring (bicyclic) bond motifs is 1. The van der Waals surface area contributed by atoms with Gasteiger partial charge in [0.25, 0.3) is 11.5 Å². The molecule has 0 saturated carbocycles. The SMILES string of the molecule is N#CC(=Cc1c(Oc2ccc(F)cc2)nc2ccccn2c1=O)C(=O)NCc1ccccc1. The van der Waals surface area contributed by atoms with Crippen molar-refractivity contribution in [3.05, 3.63) is 112 Å². The number of rotatable bonds is 6. The topological polar surface area (TPSA) is 96.5 Å². The van der Waals surface area contributed by atoms with Gasteiger partial charge < -0.3 is 10.1 Å². The third kappa shape index (κ3) is 4.94. The lowest BCUT2D eigenvalue weighted by molar-refractivity contribution is -0.117. The summed E-state index contributed by atoms with van der Waals surface area (Å²) < 4.78 is 20.3. The number of ether oxygens (including phenoxy) is 1. The van der Waals surface area contributed by atoms with Gasteiger partial charge in [-0.25, -0.2) is 4.39 Å². The van der Waals surface area contributed by atoms with Gasteiger partial charge in [-0.2, -0.15) is 10.2 Å². The van der Waals surface area contributed by atoms with Crippen LogP contribution in [0.2, 0.25) is 0 Å². The van der Waals surface area contributed by atoms with Crippen LogP contribution in [0.1, 0.15) is 11.1 Å². The van der Waals surface area contributed by atoms with Gasteiger partial charge in [0.05, 0.1) is 0 Å². The van der Waals surface area contributed by atoms with Crippen molar-refractivity contribution in [1.82, 2.24) is 14.7 Å². The Bertz CT molecular complexity index is 1440. The van der Waals surface area contributed by atoms with Crippen LogP contribution in [0.5, 0.6) is 11.6 Å². The highest BCUT2D eigenvalue weighted by atomic mass is 19.1. The van der Waals surface area contributed by atoms with Crippen LogP contribution in [-0.4, -0.2) is 15.3 Å². The highest BCUT2D eigenvalue weighted by molar-refractivity contribution is 6.01. The number of hydrogen-bond donors (Lipinski definition) is 1. The fourth-order valence-electron chi connectivity index (χ4n) is 3.06. The number of benzene rings is 2. The molecule has 33 heavy (non-hydrogen) atoms. The first-order chi connectivity index (χ1) is 16.0. The molecule has 0 saturated heterocycles. The van der Waals surface area contributed by atoms with E-state index >= 15 is 0 Å². The van der Waals surface area contributed by atoms with Crippen LogP contribution in [-0.2, 0) is 11.3 Å². The molecular weight excluding hydrogens is 423 g/mol. The zero-order valence-corrected chi connectivity index (χ0v) is 17.2. The molecule has 2 aromatic heterocycles. The van der Waals surface area contributed by atoms with Crippen LogP contribution in [0, 0.1) is 17.1 Å². The van der Waals surface area contributed by atoms with E-state index in [4.69, 9.17) is 4.74 Å². The summed E-state index contributed by atoms with van der Waals surface area (Å²) in [6.07, 6.45) is 2.67. The number of hydrogen-bond acceptors (Lipinski definition) is 5. The van der Waals surface area contributed by atoms with Gasteiger partial charge in [-0.3, -0.25) is 14.0 Å². The van der Waals surface area contributed by atoms with E-state index in [9.17, 15) is 19.2 Å². The van der Waals surface area contributed by atoms with E-state index in [0.717, 1.165) is 11.6 Å². The number of nitrogens with one attached hydrogen (secondary N) is 1. The van der Waals surface area contributed by atoms with E-state index in [1.165, 1.54) is 34.9 Å². The van der Waals surface area contributed by atoms with Crippen LogP contribution < -0.4 is 15.6 Å². The molecule has 4 rings (SSSR count). The summed E-state index contributed by atoms with van der Waals surface area (Å²) in [4.78, 5) is 30.1. The zero-order valence-electron chi connectivity index (χ0n) is 17.2. The summed E-state index contributed by atoms with van der Waals surface area (Å²) in [7, 11) is 0. The van der Waals surface area contributed by atoms with Crippen molar-refractivity contribution in [3.8, 4) is 17.7 Å². The number of nitriles is 1. The van der Waals surface area contributed by atoms with Crippen LogP contribution in [0.3, 0.4) is 0 Å². The molecule has 1 N–H and O–H groups in total. The molecule has 0 aliphatic rings. The summed E-state index contributed by atoms with van der Waals surface area (Å²) in [5.74, 6) is -0.964. The maximum atomic E-state index is 13.3. The minimum absolute atomic E-state index is 0.0885. The first-order valence-corrected chi connectivity index (χ1v) is 9.94. The average molecular weight is 440 g/mol. The van der Waals surface area contributed by atoms with E-state index in [0.29, 0.717) is 5.65 Å². The Hall–Kier alpha value is -4.77. The maximum absolute atomic E-state index is 13.3. The molecule has 1 amide bonds. The molecule has 0 atom stereocenters. The number of amides is 1. The number of carbonyl (C=O) groups is 1. The molecule has 0 fully saturated rings. The Kier molecular flexibility index (Phi) is 6.23. The molecule has 0 unspecified atom stereocenters. The monoisotopic (exact) mass is 440 g/mol. The lowest BCUT2D eigenvalue weighted by Gasteiger charge is -2.10. The smallest absolute Gasteiger partial charge is 0.269 e. The summed E-state index contributed by atoms with van der Waals surface area (Å²) >= 11 is 0. The second kappa shape index (κ2) is 9.58. The quantitative estimate of drug-likeness (QED) is 0.363. The summed E-state index contributed by atoms with van der Waals surface area (Å²) in [6.45, 7) is 0.215. The van der Waals surface area contributed by atoms with Crippen molar-refractivity contribution in [2.75, 3.05) is 0 Å². The third-order valence-electron chi connectivity index (χ3n) is 4.71. The molecule has 8 heteroatoms. The first kappa shape index (κ1) is 21.5. The fraction of sp³-hybridized carbons (Fsp3) is 0.0400. The number of pyridine rings is 1. The van der Waals surface area contributed by atoms with Crippen molar-refractivity contribution in [3.63, 3.8) is 0 Å². The van der Waals surface area contributed by atoms with Gasteiger partial charge in [-0.1, -0.05) is 36.4 Å². The van der Waals surface area contributed by atoms with E-state index in [1.807, 2.05) is 36.4 Å². The van der Waals surface area contributed by atoms with Gasteiger partial charge >= 0.3 is 0 Å². The van der Waals surface area contributed by atoms with E-state index in [-0.39, 0.29) is 29.3 Å². The van der Waals surface area contributed by atoms with Crippen molar-refractivity contribution in [1.29, 1.82) is 5.26 Å². The number of halogens is 1. The summed E-state index contributed by atoms with van der Waals surface area (Å²) in [5.41, 5.74) is 0.264. The Morgan fingerprint density at radius 2 is 1.82 bits per heavy atom. The molecule has 0 spiro atoms. The first-order valence-electron chi connectivity index (χ1n) is 9.94. The standard InChI is InChI=1S/C25H17FN4O3/c26-19-9-11-20(12-10-19)33-24-21(25(32)30-13-5-4-8-22(30)29-24)14-18(15-27)23(31)28-16-17-6-2-1-3-7-17/h1-14H,16H2,(H,28,31). The maximum Gasteiger partial charge on any atom is 0.269 e. The lowest BCUT2D eigenvalue weighted by Crippen LogP contribution is -2.25. The average Bonchev–Trinajstić information content (AvgIpc) is 2.84. The Morgan fingerprint density at radius 1 is 1.09 bits per heavy atom. The number of aromatic nitrogens is 2. The predicted molar refractivity (Wildman–Crippen MR) is 120 cm³/mol. The Labute approximate surface area is 188 Å². The summed E-state index contributed by atoms with van der Waals surface area (Å²) in [6, 6.07) is 21.2. The molecule has 7 nitrogen and oxygen atoms in total. The van der Waals surface area contributed by atoms with Crippen molar-refractivity contribution in [2.45, 2.75) is 6.54 Å².